The molecule has 0 radical (unpaired) electrons. The fraction of sp³-hybridized carbons (Fsp3) is 0.533. The van der Waals surface area contributed by atoms with Crippen molar-refractivity contribution in [2.24, 2.45) is 5.92 Å². The van der Waals surface area contributed by atoms with Gasteiger partial charge in [-0.1, -0.05) is 19.9 Å². The number of rotatable bonds is 7. The van der Waals surface area contributed by atoms with Crippen molar-refractivity contribution in [3.63, 3.8) is 0 Å². The molecule has 1 rings (SSSR count). The fourth-order valence-electron chi connectivity index (χ4n) is 1.81. The maximum Gasteiger partial charge on any atom is 0.129 e. The summed E-state index contributed by atoms with van der Waals surface area (Å²) in [4.78, 5) is 6.65. The predicted molar refractivity (Wildman–Crippen MR) is 79.0 cm³/mol. The standard InChI is InChI=1S/C15H25N3/c1-6-7-18(5)15-9-14(8-13(4)17-15)11-16-10-12(2)3/h6,8-9,12,16H,1,7,10-11H2,2-5H3. The monoisotopic (exact) mass is 247 g/mol. The van der Waals surface area contributed by atoms with Crippen molar-refractivity contribution in [3.8, 4) is 0 Å². The van der Waals surface area contributed by atoms with Crippen LogP contribution in [0.1, 0.15) is 25.1 Å². The largest absolute Gasteiger partial charge is 0.356 e. The number of hydrogen-bond donors (Lipinski definition) is 1. The number of aromatic nitrogens is 1. The molecule has 3 heteroatoms. The average Bonchev–Trinajstić information content (AvgIpc) is 2.28. The van der Waals surface area contributed by atoms with Gasteiger partial charge in [-0.05, 0) is 37.1 Å². The molecule has 0 bridgehead atoms. The highest BCUT2D eigenvalue weighted by molar-refractivity contribution is 5.42. The molecule has 0 atom stereocenters. The highest BCUT2D eigenvalue weighted by atomic mass is 15.2. The van der Waals surface area contributed by atoms with Gasteiger partial charge in [0.25, 0.3) is 0 Å². The summed E-state index contributed by atoms with van der Waals surface area (Å²) >= 11 is 0. The number of hydrogen-bond acceptors (Lipinski definition) is 3. The van der Waals surface area contributed by atoms with Gasteiger partial charge >= 0.3 is 0 Å². The molecule has 3 nitrogen and oxygen atoms in total. The molecule has 0 saturated heterocycles. The van der Waals surface area contributed by atoms with Gasteiger partial charge in [0.15, 0.2) is 0 Å². The molecule has 0 aliphatic heterocycles. The van der Waals surface area contributed by atoms with E-state index in [9.17, 15) is 0 Å². The van der Waals surface area contributed by atoms with Crippen LogP contribution >= 0.6 is 0 Å². The van der Waals surface area contributed by atoms with E-state index in [0.29, 0.717) is 5.92 Å². The lowest BCUT2D eigenvalue weighted by Crippen LogP contribution is -2.21. The summed E-state index contributed by atoms with van der Waals surface area (Å²) in [6, 6.07) is 4.28. The van der Waals surface area contributed by atoms with Crippen molar-refractivity contribution in [1.29, 1.82) is 0 Å². The minimum Gasteiger partial charge on any atom is -0.356 e. The molecule has 1 heterocycles. The van der Waals surface area contributed by atoms with Gasteiger partial charge in [0, 0.05) is 25.8 Å². The van der Waals surface area contributed by atoms with E-state index < -0.39 is 0 Å². The van der Waals surface area contributed by atoms with Gasteiger partial charge in [0.2, 0.25) is 0 Å². The molecular formula is C15H25N3. The second-order valence-electron chi connectivity index (χ2n) is 5.17. The highest BCUT2D eigenvalue weighted by Gasteiger charge is 2.04. The van der Waals surface area contributed by atoms with Crippen LogP contribution in [0, 0.1) is 12.8 Å². The molecular weight excluding hydrogens is 222 g/mol. The van der Waals surface area contributed by atoms with E-state index in [2.05, 4.69) is 47.8 Å². The Bertz CT molecular complexity index is 385. The first kappa shape index (κ1) is 14.7. The molecule has 0 aliphatic carbocycles. The summed E-state index contributed by atoms with van der Waals surface area (Å²) in [6.45, 7) is 13.0. The van der Waals surface area contributed by atoms with Crippen molar-refractivity contribution < 1.29 is 0 Å². The molecule has 0 spiro atoms. The third kappa shape index (κ3) is 4.88. The van der Waals surface area contributed by atoms with Crippen molar-refractivity contribution in [2.45, 2.75) is 27.3 Å². The molecule has 0 aromatic carbocycles. The smallest absolute Gasteiger partial charge is 0.129 e. The number of nitrogens with one attached hydrogen (secondary N) is 1. The zero-order valence-electron chi connectivity index (χ0n) is 12.0. The topological polar surface area (TPSA) is 28.2 Å². The summed E-state index contributed by atoms with van der Waals surface area (Å²) in [6.07, 6.45) is 1.89. The van der Waals surface area contributed by atoms with E-state index in [-0.39, 0.29) is 0 Å². The summed E-state index contributed by atoms with van der Waals surface area (Å²) < 4.78 is 0. The van der Waals surface area contributed by atoms with Crippen LogP contribution in [0.3, 0.4) is 0 Å². The Morgan fingerprint density at radius 2 is 2.17 bits per heavy atom. The van der Waals surface area contributed by atoms with E-state index in [4.69, 9.17) is 0 Å². The molecule has 1 N–H and O–H groups in total. The SMILES string of the molecule is C=CCN(C)c1cc(CNCC(C)C)cc(C)n1. The molecule has 18 heavy (non-hydrogen) atoms. The van der Waals surface area contributed by atoms with Crippen LogP contribution in [0.2, 0.25) is 0 Å². The molecule has 1 aromatic heterocycles. The molecule has 0 unspecified atom stereocenters. The lowest BCUT2D eigenvalue weighted by molar-refractivity contribution is 0.552. The van der Waals surface area contributed by atoms with E-state index in [0.717, 1.165) is 31.1 Å². The van der Waals surface area contributed by atoms with Gasteiger partial charge in [-0.2, -0.15) is 0 Å². The maximum atomic E-state index is 4.55. The Morgan fingerprint density at radius 3 is 2.78 bits per heavy atom. The normalized spacial score (nSPS) is 10.7. The first-order chi connectivity index (χ1) is 8.52. The summed E-state index contributed by atoms with van der Waals surface area (Å²) in [5.41, 5.74) is 2.35. The maximum absolute atomic E-state index is 4.55. The average molecular weight is 247 g/mol. The number of likely N-dealkylation sites (N-methyl/N-ethyl adjacent to an activating group) is 1. The Morgan fingerprint density at radius 1 is 1.44 bits per heavy atom. The van der Waals surface area contributed by atoms with E-state index in [1.165, 1.54) is 5.56 Å². The van der Waals surface area contributed by atoms with Gasteiger partial charge in [0.1, 0.15) is 5.82 Å². The molecule has 0 aliphatic rings. The summed E-state index contributed by atoms with van der Waals surface area (Å²) in [5, 5.41) is 3.46. The highest BCUT2D eigenvalue weighted by Crippen LogP contribution is 2.13. The first-order valence-electron chi connectivity index (χ1n) is 6.53. The number of nitrogens with zero attached hydrogens (tertiary/aromatic N) is 2. The lowest BCUT2D eigenvalue weighted by Gasteiger charge is -2.18. The van der Waals surface area contributed by atoms with E-state index >= 15 is 0 Å². The van der Waals surface area contributed by atoms with Crippen LogP contribution in [0.5, 0.6) is 0 Å². The molecule has 0 fully saturated rings. The molecule has 0 amide bonds. The minimum absolute atomic E-state index is 0.677. The fourth-order valence-corrected chi connectivity index (χ4v) is 1.81. The molecule has 1 aromatic rings. The van der Waals surface area contributed by atoms with Crippen LogP contribution in [0.4, 0.5) is 5.82 Å². The minimum atomic E-state index is 0.677. The Balaban J connectivity index is 2.71. The van der Waals surface area contributed by atoms with Gasteiger partial charge in [-0.25, -0.2) is 4.98 Å². The van der Waals surface area contributed by atoms with Crippen LogP contribution in [0.15, 0.2) is 24.8 Å². The van der Waals surface area contributed by atoms with Gasteiger partial charge < -0.3 is 10.2 Å². The first-order valence-corrected chi connectivity index (χ1v) is 6.53. The van der Waals surface area contributed by atoms with Crippen molar-refractivity contribution in [3.05, 3.63) is 36.0 Å². The number of pyridine rings is 1. The van der Waals surface area contributed by atoms with Gasteiger partial charge in [-0.15, -0.1) is 6.58 Å². The summed E-state index contributed by atoms with van der Waals surface area (Å²) in [5.74, 6) is 1.69. The molecule has 100 valence electrons. The van der Waals surface area contributed by atoms with Gasteiger partial charge in [0.05, 0.1) is 0 Å². The lowest BCUT2D eigenvalue weighted by atomic mass is 10.2. The zero-order valence-corrected chi connectivity index (χ0v) is 12.0. The van der Waals surface area contributed by atoms with E-state index in [1.807, 2.05) is 20.0 Å². The van der Waals surface area contributed by atoms with Crippen molar-refractivity contribution in [2.75, 3.05) is 25.0 Å². The predicted octanol–water partition coefficient (Wildman–Crippen LogP) is 2.76. The third-order valence-electron chi connectivity index (χ3n) is 2.68. The zero-order chi connectivity index (χ0) is 13.5. The van der Waals surface area contributed by atoms with E-state index in [1.54, 1.807) is 0 Å². The van der Waals surface area contributed by atoms with Crippen LogP contribution < -0.4 is 10.2 Å². The Kier molecular flexibility index (Phi) is 5.86. The van der Waals surface area contributed by atoms with Crippen molar-refractivity contribution in [1.82, 2.24) is 10.3 Å². The third-order valence-corrected chi connectivity index (χ3v) is 2.68. The summed E-state index contributed by atoms with van der Waals surface area (Å²) in [7, 11) is 2.04. The molecule has 0 saturated carbocycles. The van der Waals surface area contributed by atoms with Crippen LogP contribution in [0.25, 0.3) is 0 Å². The van der Waals surface area contributed by atoms with Crippen molar-refractivity contribution >= 4 is 5.82 Å². The van der Waals surface area contributed by atoms with Crippen LogP contribution in [-0.2, 0) is 6.54 Å². The van der Waals surface area contributed by atoms with Gasteiger partial charge in [-0.3, -0.25) is 0 Å². The Labute approximate surface area is 111 Å². The number of aryl methyl sites for hydroxylation is 1. The second-order valence-corrected chi connectivity index (χ2v) is 5.17. The van der Waals surface area contributed by atoms with Crippen LogP contribution in [-0.4, -0.2) is 25.1 Å². The quantitative estimate of drug-likeness (QED) is 0.751. The second kappa shape index (κ2) is 7.17. The number of anilines is 1. The Hall–Kier alpha value is -1.35.